The van der Waals surface area contributed by atoms with E-state index in [0.29, 0.717) is 5.75 Å². The van der Waals surface area contributed by atoms with Crippen LogP contribution in [-0.4, -0.2) is 23.1 Å². The summed E-state index contributed by atoms with van der Waals surface area (Å²) < 4.78 is 10.4. The van der Waals surface area contributed by atoms with E-state index in [1.54, 1.807) is 0 Å². The van der Waals surface area contributed by atoms with Crippen molar-refractivity contribution in [3.63, 3.8) is 0 Å². The molecule has 2 rings (SSSR count). The SMILES string of the molecule is COc1cc(Oc2csc(C(=O)O)c2)cc([N+](=O)[O-])c1. The van der Waals surface area contributed by atoms with Crippen LogP contribution in [0.1, 0.15) is 9.67 Å². The molecule has 104 valence electrons. The van der Waals surface area contributed by atoms with E-state index in [2.05, 4.69) is 0 Å². The molecular weight excluding hydrogens is 286 g/mol. The number of nitro groups is 1. The zero-order valence-electron chi connectivity index (χ0n) is 10.2. The fourth-order valence-electron chi connectivity index (χ4n) is 1.46. The van der Waals surface area contributed by atoms with Gasteiger partial charge in [0.2, 0.25) is 0 Å². The summed E-state index contributed by atoms with van der Waals surface area (Å²) in [6.07, 6.45) is 0. The van der Waals surface area contributed by atoms with Crippen LogP contribution in [0.2, 0.25) is 0 Å². The van der Waals surface area contributed by atoms with Gasteiger partial charge < -0.3 is 14.6 Å². The topological polar surface area (TPSA) is 98.9 Å². The summed E-state index contributed by atoms with van der Waals surface area (Å²) >= 11 is 1.01. The van der Waals surface area contributed by atoms with Gasteiger partial charge in [0.15, 0.2) is 0 Å². The number of hydrogen-bond donors (Lipinski definition) is 1. The van der Waals surface area contributed by atoms with Crippen molar-refractivity contribution in [3.05, 3.63) is 44.6 Å². The number of ether oxygens (including phenoxy) is 2. The summed E-state index contributed by atoms with van der Waals surface area (Å²) in [6.45, 7) is 0. The Morgan fingerprint density at radius 3 is 2.50 bits per heavy atom. The van der Waals surface area contributed by atoms with Crippen LogP contribution in [0.15, 0.2) is 29.6 Å². The van der Waals surface area contributed by atoms with E-state index in [1.165, 1.54) is 36.8 Å². The molecule has 0 bridgehead atoms. The Balaban J connectivity index is 2.29. The zero-order valence-corrected chi connectivity index (χ0v) is 11.0. The zero-order chi connectivity index (χ0) is 14.7. The van der Waals surface area contributed by atoms with Crippen LogP contribution in [0.25, 0.3) is 0 Å². The molecule has 1 N–H and O–H groups in total. The average molecular weight is 295 g/mol. The van der Waals surface area contributed by atoms with Gasteiger partial charge in [-0.2, -0.15) is 0 Å². The number of carbonyl (C=O) groups is 1. The van der Waals surface area contributed by atoms with E-state index >= 15 is 0 Å². The van der Waals surface area contributed by atoms with Crippen LogP contribution < -0.4 is 9.47 Å². The first kappa shape index (κ1) is 13.8. The van der Waals surface area contributed by atoms with Gasteiger partial charge in [-0.05, 0) is 0 Å². The molecule has 0 spiro atoms. The number of hydrogen-bond acceptors (Lipinski definition) is 6. The molecule has 0 radical (unpaired) electrons. The fourth-order valence-corrected chi connectivity index (χ4v) is 2.10. The van der Waals surface area contributed by atoms with E-state index in [0.717, 1.165) is 11.3 Å². The van der Waals surface area contributed by atoms with Gasteiger partial charge in [-0.25, -0.2) is 4.79 Å². The van der Waals surface area contributed by atoms with E-state index in [4.69, 9.17) is 14.6 Å². The Labute approximate surface area is 117 Å². The molecule has 8 heteroatoms. The summed E-state index contributed by atoms with van der Waals surface area (Å²) in [5.41, 5.74) is -0.173. The van der Waals surface area contributed by atoms with Crippen LogP contribution in [-0.2, 0) is 0 Å². The predicted molar refractivity (Wildman–Crippen MR) is 71.0 cm³/mol. The maximum atomic E-state index is 10.8. The Morgan fingerprint density at radius 1 is 1.25 bits per heavy atom. The number of thiophene rings is 1. The van der Waals surface area contributed by atoms with Crippen molar-refractivity contribution in [3.8, 4) is 17.2 Å². The smallest absolute Gasteiger partial charge is 0.346 e. The van der Waals surface area contributed by atoms with Gasteiger partial charge in [-0.3, -0.25) is 10.1 Å². The molecule has 0 saturated heterocycles. The van der Waals surface area contributed by atoms with Crippen LogP contribution in [0, 0.1) is 10.1 Å². The molecule has 0 aliphatic heterocycles. The molecule has 1 aromatic heterocycles. The van der Waals surface area contributed by atoms with Gasteiger partial charge in [0.1, 0.15) is 22.1 Å². The molecule has 0 saturated carbocycles. The second-order valence-electron chi connectivity index (χ2n) is 3.68. The fraction of sp³-hybridized carbons (Fsp3) is 0.0833. The van der Waals surface area contributed by atoms with Crippen molar-refractivity contribution < 1.29 is 24.3 Å². The van der Waals surface area contributed by atoms with Gasteiger partial charge in [0.05, 0.1) is 24.2 Å². The third-order valence-electron chi connectivity index (χ3n) is 2.33. The third-order valence-corrected chi connectivity index (χ3v) is 3.23. The first-order chi connectivity index (χ1) is 9.49. The number of methoxy groups -OCH3 is 1. The van der Waals surface area contributed by atoms with Crippen molar-refractivity contribution in [1.29, 1.82) is 0 Å². The number of rotatable bonds is 5. The number of benzene rings is 1. The van der Waals surface area contributed by atoms with Gasteiger partial charge in [-0.1, -0.05) is 0 Å². The molecule has 0 atom stereocenters. The molecule has 1 aromatic carbocycles. The minimum Gasteiger partial charge on any atom is -0.496 e. The van der Waals surface area contributed by atoms with Crippen LogP contribution in [0.5, 0.6) is 17.2 Å². The number of nitro benzene ring substituents is 1. The molecule has 0 aliphatic rings. The average Bonchev–Trinajstić information content (AvgIpc) is 2.87. The standard InChI is InChI=1S/C12H9NO6S/c1-18-8-2-7(13(16)17)3-9(4-8)19-10-5-11(12(14)15)20-6-10/h2-6H,1H3,(H,14,15). The molecule has 0 amide bonds. The van der Waals surface area contributed by atoms with Gasteiger partial charge in [-0.15, -0.1) is 11.3 Å². The summed E-state index contributed by atoms with van der Waals surface area (Å²) in [6, 6.07) is 5.33. The number of aromatic carboxylic acids is 1. The summed E-state index contributed by atoms with van der Waals surface area (Å²) in [4.78, 5) is 21.1. The van der Waals surface area contributed by atoms with Gasteiger partial charge >= 0.3 is 5.97 Å². The molecule has 7 nitrogen and oxygen atoms in total. The summed E-state index contributed by atoms with van der Waals surface area (Å²) in [5.74, 6) is -0.273. The van der Waals surface area contributed by atoms with E-state index in [9.17, 15) is 14.9 Å². The van der Waals surface area contributed by atoms with Crippen LogP contribution in [0.3, 0.4) is 0 Å². The third kappa shape index (κ3) is 3.04. The van der Waals surface area contributed by atoms with E-state index in [1.807, 2.05) is 0 Å². The first-order valence-electron chi connectivity index (χ1n) is 5.33. The molecule has 2 aromatic rings. The quantitative estimate of drug-likeness (QED) is 0.672. The Hall–Kier alpha value is -2.61. The van der Waals surface area contributed by atoms with Crippen molar-refractivity contribution >= 4 is 23.0 Å². The highest BCUT2D eigenvalue weighted by Gasteiger charge is 2.13. The highest BCUT2D eigenvalue weighted by molar-refractivity contribution is 7.12. The minimum atomic E-state index is -1.05. The lowest BCUT2D eigenvalue weighted by molar-refractivity contribution is -0.385. The molecule has 0 aliphatic carbocycles. The van der Waals surface area contributed by atoms with E-state index in [-0.39, 0.29) is 22.1 Å². The largest absolute Gasteiger partial charge is 0.496 e. The number of carboxylic acids is 1. The predicted octanol–water partition coefficient (Wildman–Crippen LogP) is 3.16. The summed E-state index contributed by atoms with van der Waals surface area (Å²) in [5, 5.41) is 21.1. The number of non-ortho nitro benzene ring substituents is 1. The number of carboxylic acid groups (broad SMARTS) is 1. The van der Waals surface area contributed by atoms with Crippen molar-refractivity contribution in [2.24, 2.45) is 0 Å². The highest BCUT2D eigenvalue weighted by Crippen LogP contribution is 2.32. The normalized spacial score (nSPS) is 10.1. The van der Waals surface area contributed by atoms with Gasteiger partial charge in [0.25, 0.3) is 5.69 Å². The molecule has 0 unspecified atom stereocenters. The molecular formula is C12H9NO6S. The Morgan fingerprint density at radius 2 is 1.95 bits per heavy atom. The van der Waals surface area contributed by atoms with Crippen LogP contribution >= 0.6 is 11.3 Å². The lowest BCUT2D eigenvalue weighted by Gasteiger charge is -2.05. The van der Waals surface area contributed by atoms with Gasteiger partial charge in [0, 0.05) is 17.5 Å². The lowest BCUT2D eigenvalue weighted by atomic mass is 10.3. The Bertz CT molecular complexity index is 666. The number of nitrogens with zero attached hydrogens (tertiary/aromatic N) is 1. The highest BCUT2D eigenvalue weighted by atomic mass is 32.1. The van der Waals surface area contributed by atoms with Crippen LogP contribution in [0.4, 0.5) is 5.69 Å². The van der Waals surface area contributed by atoms with Crippen molar-refractivity contribution in [2.45, 2.75) is 0 Å². The molecule has 0 fully saturated rings. The minimum absolute atomic E-state index is 0.123. The van der Waals surface area contributed by atoms with E-state index < -0.39 is 10.9 Å². The van der Waals surface area contributed by atoms with Crippen molar-refractivity contribution in [2.75, 3.05) is 7.11 Å². The maximum absolute atomic E-state index is 10.8. The molecule has 20 heavy (non-hydrogen) atoms. The molecule has 1 heterocycles. The van der Waals surface area contributed by atoms with Crippen molar-refractivity contribution in [1.82, 2.24) is 0 Å². The summed E-state index contributed by atoms with van der Waals surface area (Å²) in [7, 11) is 1.38. The second-order valence-corrected chi connectivity index (χ2v) is 4.59. The maximum Gasteiger partial charge on any atom is 0.346 e. The monoisotopic (exact) mass is 295 g/mol. The lowest BCUT2D eigenvalue weighted by Crippen LogP contribution is -1.92. The second kappa shape index (κ2) is 5.57. The Kier molecular flexibility index (Phi) is 3.85. The first-order valence-corrected chi connectivity index (χ1v) is 6.20.